The summed E-state index contributed by atoms with van der Waals surface area (Å²) in [6, 6.07) is 8.34. The van der Waals surface area contributed by atoms with Gasteiger partial charge in [0.1, 0.15) is 5.60 Å². The molecule has 124 valence electrons. The van der Waals surface area contributed by atoms with Gasteiger partial charge in [-0.3, -0.25) is 9.59 Å². The maximum Gasteiger partial charge on any atom is 0.307 e. The van der Waals surface area contributed by atoms with Crippen LogP contribution in [0.15, 0.2) is 24.3 Å². The highest BCUT2D eigenvalue weighted by atomic mass is 16.6. The van der Waals surface area contributed by atoms with E-state index in [0.717, 1.165) is 32.1 Å². The van der Waals surface area contributed by atoms with Gasteiger partial charge in [0, 0.05) is 6.54 Å². The number of carbonyl (C=O) groups is 2. The molecule has 1 aromatic rings. The van der Waals surface area contributed by atoms with Crippen LogP contribution in [0.3, 0.4) is 0 Å². The summed E-state index contributed by atoms with van der Waals surface area (Å²) in [5.74, 6) is -0.552. The van der Waals surface area contributed by atoms with E-state index in [1.54, 1.807) is 0 Å². The Morgan fingerprint density at radius 3 is 2.61 bits per heavy atom. The van der Waals surface area contributed by atoms with E-state index in [4.69, 9.17) is 4.74 Å². The molecule has 1 saturated heterocycles. The monoisotopic (exact) mass is 315 g/mol. The average Bonchev–Trinajstić information content (AvgIpc) is 2.86. The molecular formula is C19H25NO3. The van der Waals surface area contributed by atoms with E-state index in [9.17, 15) is 9.59 Å². The largest absolute Gasteiger partial charge is 0.458 e. The fourth-order valence-corrected chi connectivity index (χ4v) is 3.83. The van der Waals surface area contributed by atoms with Crippen LogP contribution in [0.4, 0.5) is 0 Å². The number of hydrogen-bond donors (Lipinski definition) is 1. The van der Waals surface area contributed by atoms with Crippen molar-refractivity contribution in [1.82, 2.24) is 5.32 Å². The molecule has 0 aromatic heterocycles. The van der Waals surface area contributed by atoms with Crippen molar-refractivity contribution in [2.45, 2.75) is 57.5 Å². The van der Waals surface area contributed by atoms with Gasteiger partial charge in [0.2, 0.25) is 5.91 Å². The van der Waals surface area contributed by atoms with Gasteiger partial charge < -0.3 is 10.1 Å². The van der Waals surface area contributed by atoms with Crippen molar-refractivity contribution in [2.75, 3.05) is 6.54 Å². The standard InChI is InChI=1S/C19H25NO3/c1-14-5-7-15(8-6-14)9-12-20-18(22)16-13-17(21)23-19(16)10-3-2-4-11-19/h5-8,16H,2-4,9-13H2,1H3,(H,20,22)/t16-/m1/s1. The third kappa shape index (κ3) is 3.57. The predicted molar refractivity (Wildman–Crippen MR) is 87.9 cm³/mol. The van der Waals surface area contributed by atoms with Crippen LogP contribution >= 0.6 is 0 Å². The van der Waals surface area contributed by atoms with Gasteiger partial charge in [0.25, 0.3) is 0 Å². The molecule has 1 saturated carbocycles. The Morgan fingerprint density at radius 1 is 1.22 bits per heavy atom. The van der Waals surface area contributed by atoms with Crippen LogP contribution in [-0.2, 0) is 20.7 Å². The molecule has 4 nitrogen and oxygen atoms in total. The molecule has 3 rings (SSSR count). The van der Waals surface area contributed by atoms with Gasteiger partial charge >= 0.3 is 5.97 Å². The van der Waals surface area contributed by atoms with E-state index in [0.29, 0.717) is 6.54 Å². The molecule has 1 aromatic carbocycles. The van der Waals surface area contributed by atoms with E-state index in [2.05, 4.69) is 36.5 Å². The van der Waals surface area contributed by atoms with Crippen LogP contribution in [-0.4, -0.2) is 24.0 Å². The molecule has 0 radical (unpaired) electrons. The van der Waals surface area contributed by atoms with E-state index in [-0.39, 0.29) is 24.2 Å². The van der Waals surface area contributed by atoms with E-state index in [1.165, 1.54) is 17.5 Å². The quantitative estimate of drug-likeness (QED) is 0.869. The number of nitrogens with one attached hydrogen (secondary N) is 1. The molecule has 1 heterocycles. The summed E-state index contributed by atoms with van der Waals surface area (Å²) in [6.45, 7) is 2.66. The molecule has 4 heteroatoms. The minimum absolute atomic E-state index is 0.0233. The van der Waals surface area contributed by atoms with Crippen LogP contribution in [0.25, 0.3) is 0 Å². The zero-order valence-corrected chi connectivity index (χ0v) is 13.8. The van der Waals surface area contributed by atoms with E-state index >= 15 is 0 Å². The van der Waals surface area contributed by atoms with Crippen molar-refractivity contribution in [2.24, 2.45) is 5.92 Å². The van der Waals surface area contributed by atoms with Crippen LogP contribution in [0.2, 0.25) is 0 Å². The number of hydrogen-bond acceptors (Lipinski definition) is 3. The molecule has 23 heavy (non-hydrogen) atoms. The zero-order chi connectivity index (χ0) is 16.3. The Balaban J connectivity index is 1.56. The number of benzene rings is 1. The van der Waals surface area contributed by atoms with Gasteiger partial charge in [-0.05, 0) is 44.6 Å². The lowest BCUT2D eigenvalue weighted by molar-refractivity contribution is -0.153. The SMILES string of the molecule is Cc1ccc(CCNC(=O)[C@H]2CC(=O)OC23CCCCC3)cc1. The molecule has 0 bridgehead atoms. The highest BCUT2D eigenvalue weighted by Gasteiger charge is 2.52. The Bertz CT molecular complexity index is 573. The first kappa shape index (κ1) is 16.0. The number of carbonyl (C=O) groups excluding carboxylic acids is 2. The van der Waals surface area contributed by atoms with E-state index < -0.39 is 5.60 Å². The lowest BCUT2D eigenvalue weighted by Crippen LogP contribution is -2.46. The Labute approximate surface area is 137 Å². The molecule has 1 atom stereocenters. The third-order valence-corrected chi connectivity index (χ3v) is 5.17. The fourth-order valence-electron chi connectivity index (χ4n) is 3.83. The summed E-state index contributed by atoms with van der Waals surface area (Å²) < 4.78 is 5.60. The second-order valence-electron chi connectivity index (χ2n) is 6.88. The number of aryl methyl sites for hydroxylation is 1. The fraction of sp³-hybridized carbons (Fsp3) is 0.579. The molecule has 1 aliphatic heterocycles. The molecule has 2 aliphatic rings. The van der Waals surface area contributed by atoms with Crippen LogP contribution in [0.5, 0.6) is 0 Å². The van der Waals surface area contributed by atoms with Crippen molar-refractivity contribution in [3.05, 3.63) is 35.4 Å². The third-order valence-electron chi connectivity index (χ3n) is 5.17. The van der Waals surface area contributed by atoms with Crippen molar-refractivity contribution < 1.29 is 14.3 Å². The Kier molecular flexibility index (Phi) is 4.69. The Morgan fingerprint density at radius 2 is 1.91 bits per heavy atom. The zero-order valence-electron chi connectivity index (χ0n) is 13.8. The van der Waals surface area contributed by atoms with Gasteiger partial charge in [0.15, 0.2) is 0 Å². The summed E-state index contributed by atoms with van der Waals surface area (Å²) in [6.07, 6.45) is 5.95. The molecule has 1 spiro atoms. The number of ether oxygens (including phenoxy) is 1. The smallest absolute Gasteiger partial charge is 0.307 e. The molecule has 1 amide bonds. The summed E-state index contributed by atoms with van der Waals surface area (Å²) in [4.78, 5) is 24.3. The highest BCUT2D eigenvalue weighted by molar-refractivity contribution is 5.87. The minimum Gasteiger partial charge on any atom is -0.458 e. The molecule has 1 N–H and O–H groups in total. The normalized spacial score (nSPS) is 22.8. The summed E-state index contributed by atoms with van der Waals surface area (Å²) >= 11 is 0. The maximum absolute atomic E-state index is 12.6. The average molecular weight is 315 g/mol. The van der Waals surface area contributed by atoms with Crippen molar-refractivity contribution in [1.29, 1.82) is 0 Å². The number of esters is 1. The summed E-state index contributed by atoms with van der Waals surface area (Å²) in [5, 5.41) is 3.01. The molecule has 0 unspecified atom stereocenters. The van der Waals surface area contributed by atoms with Gasteiger partial charge in [-0.25, -0.2) is 0 Å². The molecule has 1 aliphatic carbocycles. The lowest BCUT2D eigenvalue weighted by Gasteiger charge is -2.36. The first-order valence-electron chi connectivity index (χ1n) is 8.64. The van der Waals surface area contributed by atoms with Gasteiger partial charge in [-0.2, -0.15) is 0 Å². The highest BCUT2D eigenvalue weighted by Crippen LogP contribution is 2.44. The van der Waals surface area contributed by atoms with E-state index in [1.807, 2.05) is 0 Å². The molecule has 2 fully saturated rings. The first-order valence-corrected chi connectivity index (χ1v) is 8.64. The van der Waals surface area contributed by atoms with Gasteiger partial charge in [-0.15, -0.1) is 0 Å². The molecular weight excluding hydrogens is 290 g/mol. The van der Waals surface area contributed by atoms with Crippen molar-refractivity contribution >= 4 is 11.9 Å². The predicted octanol–water partition coefficient (Wildman–Crippen LogP) is 2.92. The van der Waals surface area contributed by atoms with Crippen LogP contribution < -0.4 is 5.32 Å². The number of amides is 1. The number of rotatable bonds is 4. The first-order chi connectivity index (χ1) is 11.1. The van der Waals surface area contributed by atoms with Gasteiger partial charge in [0.05, 0.1) is 12.3 Å². The minimum atomic E-state index is -0.525. The van der Waals surface area contributed by atoms with Crippen molar-refractivity contribution in [3.8, 4) is 0 Å². The van der Waals surface area contributed by atoms with Crippen molar-refractivity contribution in [3.63, 3.8) is 0 Å². The maximum atomic E-state index is 12.6. The summed E-state index contributed by atoms with van der Waals surface area (Å²) in [7, 11) is 0. The van der Waals surface area contributed by atoms with Gasteiger partial charge in [-0.1, -0.05) is 36.2 Å². The summed E-state index contributed by atoms with van der Waals surface area (Å²) in [5.41, 5.74) is 1.92. The second-order valence-corrected chi connectivity index (χ2v) is 6.88. The lowest BCUT2D eigenvalue weighted by atomic mass is 9.75. The topological polar surface area (TPSA) is 55.4 Å². The Hall–Kier alpha value is -1.84. The second kappa shape index (κ2) is 6.73. The van der Waals surface area contributed by atoms with Crippen LogP contribution in [0.1, 0.15) is 49.7 Å². The van der Waals surface area contributed by atoms with Crippen LogP contribution in [0, 0.1) is 12.8 Å².